The van der Waals surface area contributed by atoms with E-state index in [1.54, 1.807) is 24.3 Å². The first kappa shape index (κ1) is 20.5. The highest BCUT2D eigenvalue weighted by Gasteiger charge is 2.77. The molecule has 168 valence electrons. The van der Waals surface area contributed by atoms with Crippen LogP contribution in [0.4, 0.5) is 0 Å². The van der Waals surface area contributed by atoms with E-state index in [-0.39, 0.29) is 17.6 Å². The highest BCUT2D eigenvalue weighted by molar-refractivity contribution is 6.35. The molecule has 1 saturated carbocycles. The van der Waals surface area contributed by atoms with Crippen molar-refractivity contribution in [1.82, 2.24) is 4.90 Å². The monoisotopic (exact) mass is 443 g/mol. The number of rotatable bonds is 2. The van der Waals surface area contributed by atoms with E-state index >= 15 is 0 Å². The first-order valence-corrected chi connectivity index (χ1v) is 11.8. The van der Waals surface area contributed by atoms with Crippen LogP contribution in [0.15, 0.2) is 48.5 Å². The number of esters is 2. The highest BCUT2D eigenvalue weighted by atomic mass is 16.6. The molecule has 2 aliphatic heterocycles. The minimum Gasteiger partial charge on any atom is -0.393 e. The highest BCUT2D eigenvalue weighted by Crippen LogP contribution is 2.60. The van der Waals surface area contributed by atoms with Crippen molar-refractivity contribution in [3.63, 3.8) is 0 Å². The topological polar surface area (TPSA) is 80.8 Å². The summed E-state index contributed by atoms with van der Waals surface area (Å²) in [6.45, 7) is 1.98. The second kappa shape index (κ2) is 7.19. The van der Waals surface area contributed by atoms with E-state index in [1.807, 2.05) is 36.1 Å². The number of Topliss-reactive ketones (excluding diaryl/α,β-unsaturated/α-hetero) is 2. The van der Waals surface area contributed by atoms with Gasteiger partial charge in [-0.2, -0.15) is 0 Å². The number of ether oxygens (including phenoxy) is 1. The van der Waals surface area contributed by atoms with Crippen molar-refractivity contribution in [3.05, 3.63) is 70.8 Å². The Hall–Kier alpha value is -3.12. The summed E-state index contributed by atoms with van der Waals surface area (Å²) in [6.07, 6.45) is 4.72. The second-order valence-corrected chi connectivity index (χ2v) is 9.77. The maximum absolute atomic E-state index is 14.1. The van der Waals surface area contributed by atoms with E-state index in [0.29, 0.717) is 11.1 Å². The summed E-state index contributed by atoms with van der Waals surface area (Å²) in [6, 6.07) is 13.9. The van der Waals surface area contributed by atoms with Gasteiger partial charge in [0.15, 0.2) is 17.1 Å². The number of nitrogens with zero attached hydrogens (tertiary/aromatic N) is 1. The molecule has 2 aliphatic carbocycles. The normalized spacial score (nSPS) is 28.9. The molecule has 0 N–H and O–H groups in total. The fourth-order valence-corrected chi connectivity index (χ4v) is 6.72. The van der Waals surface area contributed by atoms with Crippen molar-refractivity contribution in [1.29, 1.82) is 0 Å². The Kier molecular flexibility index (Phi) is 4.46. The maximum Gasteiger partial charge on any atom is 0.320 e. The average molecular weight is 443 g/mol. The van der Waals surface area contributed by atoms with Crippen molar-refractivity contribution in [2.75, 3.05) is 0 Å². The van der Waals surface area contributed by atoms with Gasteiger partial charge >= 0.3 is 11.9 Å². The van der Waals surface area contributed by atoms with E-state index in [2.05, 4.69) is 0 Å². The Morgan fingerprint density at radius 1 is 0.818 bits per heavy atom. The molecule has 0 aromatic heterocycles. The van der Waals surface area contributed by atoms with Crippen LogP contribution in [0.25, 0.3) is 0 Å². The molecule has 0 bridgehead atoms. The van der Waals surface area contributed by atoms with Crippen molar-refractivity contribution >= 4 is 23.5 Å². The molecule has 4 aliphatic rings. The predicted octanol–water partition coefficient (Wildman–Crippen LogP) is 3.82. The van der Waals surface area contributed by atoms with E-state index in [1.165, 1.54) is 0 Å². The minimum atomic E-state index is -1.73. The quantitative estimate of drug-likeness (QED) is 0.519. The molecular formula is C27H25NO5. The number of carbonyl (C=O) groups is 4. The van der Waals surface area contributed by atoms with Crippen LogP contribution in [-0.4, -0.2) is 40.0 Å². The van der Waals surface area contributed by atoms with Gasteiger partial charge in [0.2, 0.25) is 0 Å². The lowest BCUT2D eigenvalue weighted by atomic mass is 9.75. The van der Waals surface area contributed by atoms with Gasteiger partial charge in [-0.15, -0.1) is 0 Å². The molecule has 0 amide bonds. The molecule has 0 unspecified atom stereocenters. The van der Waals surface area contributed by atoms with Gasteiger partial charge in [-0.25, -0.2) is 0 Å². The summed E-state index contributed by atoms with van der Waals surface area (Å²) >= 11 is 0. The van der Waals surface area contributed by atoms with Gasteiger partial charge in [-0.1, -0.05) is 73.4 Å². The van der Waals surface area contributed by atoms with E-state index in [9.17, 15) is 19.2 Å². The van der Waals surface area contributed by atoms with E-state index in [0.717, 1.165) is 43.2 Å². The van der Waals surface area contributed by atoms with Gasteiger partial charge in [0.05, 0.1) is 12.0 Å². The van der Waals surface area contributed by atoms with Gasteiger partial charge in [0.1, 0.15) is 5.92 Å². The Bertz CT molecular complexity index is 1160. The minimum absolute atomic E-state index is 0.0709. The maximum atomic E-state index is 14.1. The number of hydrogen-bond acceptors (Lipinski definition) is 6. The average Bonchev–Trinajstić information content (AvgIpc) is 3.39. The standard InChI is InChI=1S/C27H25NO5/c1-15-11-13-16(14-12-15)22-20-21(26(32)33-25(20)31)27(28(22)17-7-3-2-4-8-17)23(29)18-9-5-6-10-19(18)24(27)30/h5-6,9-14,17,20-22H,2-4,7-8H2,1H3/t20-,21+,22-/m1/s1. The summed E-state index contributed by atoms with van der Waals surface area (Å²) < 4.78 is 5.11. The lowest BCUT2D eigenvalue weighted by Gasteiger charge is -2.44. The van der Waals surface area contributed by atoms with Gasteiger partial charge in [-0.3, -0.25) is 24.1 Å². The van der Waals surface area contributed by atoms with E-state index in [4.69, 9.17) is 4.74 Å². The zero-order chi connectivity index (χ0) is 22.9. The van der Waals surface area contributed by atoms with Crippen LogP contribution >= 0.6 is 0 Å². The van der Waals surface area contributed by atoms with Crippen LogP contribution in [0.2, 0.25) is 0 Å². The summed E-state index contributed by atoms with van der Waals surface area (Å²) in [5.41, 5.74) is 0.839. The van der Waals surface area contributed by atoms with Crippen molar-refractivity contribution in [2.45, 2.75) is 56.7 Å². The van der Waals surface area contributed by atoms with Gasteiger partial charge < -0.3 is 4.74 Å². The molecule has 2 heterocycles. The van der Waals surface area contributed by atoms with Crippen LogP contribution in [-0.2, 0) is 14.3 Å². The molecule has 2 aromatic rings. The molecule has 33 heavy (non-hydrogen) atoms. The molecule has 1 spiro atoms. The molecule has 6 rings (SSSR count). The number of aryl methyl sites for hydroxylation is 1. The first-order valence-electron chi connectivity index (χ1n) is 11.8. The molecule has 6 nitrogen and oxygen atoms in total. The zero-order valence-corrected chi connectivity index (χ0v) is 18.5. The zero-order valence-electron chi connectivity index (χ0n) is 18.5. The van der Waals surface area contributed by atoms with Gasteiger partial charge in [0, 0.05) is 17.2 Å². The molecule has 3 atom stereocenters. The van der Waals surface area contributed by atoms with Crippen LogP contribution in [0.1, 0.15) is 70.0 Å². The van der Waals surface area contributed by atoms with Crippen LogP contribution in [0, 0.1) is 18.8 Å². The Morgan fingerprint density at radius 3 is 2.03 bits per heavy atom. The predicted molar refractivity (Wildman–Crippen MR) is 119 cm³/mol. The summed E-state index contributed by atoms with van der Waals surface area (Å²) in [5, 5.41) is 0. The lowest BCUT2D eigenvalue weighted by molar-refractivity contribution is -0.156. The van der Waals surface area contributed by atoms with Gasteiger partial charge in [-0.05, 0) is 25.3 Å². The number of benzene rings is 2. The number of ketones is 2. The van der Waals surface area contributed by atoms with Crippen LogP contribution in [0.5, 0.6) is 0 Å². The molecular weight excluding hydrogens is 418 g/mol. The number of hydrogen-bond donors (Lipinski definition) is 0. The fraction of sp³-hybridized carbons (Fsp3) is 0.407. The number of fused-ring (bicyclic) bond motifs is 3. The first-order chi connectivity index (χ1) is 16.0. The third-order valence-electron chi connectivity index (χ3n) is 8.08. The summed E-state index contributed by atoms with van der Waals surface area (Å²) in [7, 11) is 0. The summed E-state index contributed by atoms with van der Waals surface area (Å²) in [4.78, 5) is 56.5. The third-order valence-corrected chi connectivity index (χ3v) is 8.08. The van der Waals surface area contributed by atoms with Crippen LogP contribution < -0.4 is 0 Å². The summed E-state index contributed by atoms with van der Waals surface area (Å²) in [5.74, 6) is -4.15. The molecule has 6 heteroatoms. The van der Waals surface area contributed by atoms with E-state index < -0.39 is 35.4 Å². The Morgan fingerprint density at radius 2 is 1.42 bits per heavy atom. The number of cyclic esters (lactones) is 2. The SMILES string of the molecule is Cc1ccc([C@@H]2[C@@H]3C(=O)OC(=O)[C@H]3C3(C(=O)c4ccccc4C3=O)N2C2CCCCC2)cc1. The third kappa shape index (κ3) is 2.58. The van der Waals surface area contributed by atoms with Crippen molar-refractivity contribution < 1.29 is 23.9 Å². The van der Waals surface area contributed by atoms with Crippen LogP contribution in [0.3, 0.4) is 0 Å². The second-order valence-electron chi connectivity index (χ2n) is 9.77. The molecule has 3 fully saturated rings. The molecule has 2 saturated heterocycles. The molecule has 0 radical (unpaired) electrons. The number of carbonyl (C=O) groups excluding carboxylic acids is 4. The van der Waals surface area contributed by atoms with Gasteiger partial charge in [0.25, 0.3) is 0 Å². The Balaban J connectivity index is 1.62. The smallest absolute Gasteiger partial charge is 0.320 e. The number of likely N-dealkylation sites (tertiary alicyclic amines) is 1. The Labute approximate surface area is 191 Å². The fourth-order valence-electron chi connectivity index (χ4n) is 6.72. The lowest BCUT2D eigenvalue weighted by Crippen LogP contribution is -2.61. The largest absolute Gasteiger partial charge is 0.393 e. The van der Waals surface area contributed by atoms with Crippen molar-refractivity contribution in [3.8, 4) is 0 Å². The van der Waals surface area contributed by atoms with Crippen molar-refractivity contribution in [2.24, 2.45) is 11.8 Å². The molecule has 2 aromatic carbocycles.